The summed E-state index contributed by atoms with van der Waals surface area (Å²) in [5.74, 6) is -0.390. The molecule has 1 amide bonds. The van der Waals surface area contributed by atoms with E-state index in [-0.39, 0.29) is 11.9 Å². The summed E-state index contributed by atoms with van der Waals surface area (Å²) in [7, 11) is 1.30. The number of nitrogens with one attached hydrogen (secondary N) is 1. The van der Waals surface area contributed by atoms with E-state index in [0.717, 1.165) is 5.56 Å². The van der Waals surface area contributed by atoms with E-state index in [2.05, 4.69) is 10.1 Å². The third kappa shape index (κ3) is 5.13. The number of halogens is 2. The summed E-state index contributed by atoms with van der Waals surface area (Å²) in [4.78, 5) is 24.0. The van der Waals surface area contributed by atoms with E-state index >= 15 is 0 Å². The minimum absolute atomic E-state index is 0.313. The van der Waals surface area contributed by atoms with Crippen LogP contribution in [0.4, 0.5) is 0 Å². The Morgan fingerprint density at radius 3 is 2.46 bits per heavy atom. The van der Waals surface area contributed by atoms with Gasteiger partial charge < -0.3 is 14.8 Å². The maximum Gasteiger partial charge on any atom is 0.337 e. The maximum atomic E-state index is 12.4. The van der Waals surface area contributed by atoms with Crippen molar-refractivity contribution in [2.75, 3.05) is 7.11 Å². The number of esters is 1. The van der Waals surface area contributed by atoms with Crippen LogP contribution in [0.1, 0.15) is 35.8 Å². The number of ether oxygens (including phenoxy) is 2. The molecular weight excluding hydrogens is 377 g/mol. The van der Waals surface area contributed by atoms with Crippen LogP contribution in [0.25, 0.3) is 0 Å². The molecule has 2 atom stereocenters. The second-order valence-electron chi connectivity index (χ2n) is 5.68. The van der Waals surface area contributed by atoms with Crippen LogP contribution in [0.2, 0.25) is 10.0 Å². The Kier molecular flexibility index (Phi) is 6.89. The topological polar surface area (TPSA) is 64.6 Å². The van der Waals surface area contributed by atoms with Gasteiger partial charge in [-0.05, 0) is 49.7 Å². The number of benzene rings is 2. The zero-order valence-corrected chi connectivity index (χ0v) is 16.1. The predicted molar refractivity (Wildman–Crippen MR) is 101 cm³/mol. The summed E-state index contributed by atoms with van der Waals surface area (Å²) < 4.78 is 10.3. The molecule has 0 radical (unpaired) electrons. The number of carbonyl (C=O) groups is 2. The molecule has 2 aromatic carbocycles. The van der Waals surface area contributed by atoms with Crippen molar-refractivity contribution >= 4 is 35.1 Å². The lowest BCUT2D eigenvalue weighted by molar-refractivity contribution is -0.127. The number of methoxy groups -OCH3 is 1. The lowest BCUT2D eigenvalue weighted by atomic mass is 10.1. The zero-order valence-electron chi connectivity index (χ0n) is 14.6. The van der Waals surface area contributed by atoms with Crippen LogP contribution >= 0.6 is 23.2 Å². The van der Waals surface area contributed by atoms with Crippen molar-refractivity contribution in [3.8, 4) is 5.75 Å². The second-order valence-corrected chi connectivity index (χ2v) is 6.52. The monoisotopic (exact) mass is 395 g/mol. The van der Waals surface area contributed by atoms with Crippen molar-refractivity contribution in [2.45, 2.75) is 26.0 Å². The van der Waals surface area contributed by atoms with Crippen molar-refractivity contribution in [3.63, 3.8) is 0 Å². The summed E-state index contributed by atoms with van der Waals surface area (Å²) in [5.41, 5.74) is 1.10. The van der Waals surface area contributed by atoms with Gasteiger partial charge in [-0.2, -0.15) is 0 Å². The van der Waals surface area contributed by atoms with Gasteiger partial charge in [-0.25, -0.2) is 4.79 Å². The van der Waals surface area contributed by atoms with Crippen LogP contribution in [-0.2, 0) is 9.53 Å². The minimum atomic E-state index is -0.767. The molecule has 5 nitrogen and oxygen atoms in total. The average Bonchev–Trinajstić information content (AvgIpc) is 2.60. The lowest BCUT2D eigenvalue weighted by Gasteiger charge is -2.20. The molecule has 0 unspecified atom stereocenters. The normalized spacial score (nSPS) is 12.8. The first kappa shape index (κ1) is 20.1. The molecule has 0 aliphatic rings. The molecule has 0 heterocycles. The van der Waals surface area contributed by atoms with E-state index in [4.69, 9.17) is 27.9 Å². The van der Waals surface area contributed by atoms with E-state index < -0.39 is 12.1 Å². The third-order valence-corrected chi connectivity index (χ3v) is 4.29. The summed E-state index contributed by atoms with van der Waals surface area (Å²) in [6.07, 6.45) is -0.767. The molecule has 0 bridgehead atoms. The van der Waals surface area contributed by atoms with E-state index in [1.807, 2.05) is 6.92 Å². The number of carbonyl (C=O) groups excluding carboxylic acids is 2. The van der Waals surface area contributed by atoms with E-state index in [9.17, 15) is 9.59 Å². The fourth-order valence-electron chi connectivity index (χ4n) is 2.33. The molecule has 0 saturated carbocycles. The SMILES string of the molecule is COC(=O)c1cccc(O[C@@H](C)C(=O)N[C@H](C)c2ccc(Cl)cc2Cl)c1. The molecular formula is C19H19Cl2NO4. The molecule has 0 saturated heterocycles. The molecule has 1 N–H and O–H groups in total. The van der Waals surface area contributed by atoms with Crippen molar-refractivity contribution in [2.24, 2.45) is 0 Å². The third-order valence-electron chi connectivity index (χ3n) is 3.72. The predicted octanol–water partition coefficient (Wildman–Crippen LogP) is 4.42. The van der Waals surface area contributed by atoms with Gasteiger partial charge in [-0.15, -0.1) is 0 Å². The van der Waals surface area contributed by atoms with Gasteiger partial charge in [0.05, 0.1) is 18.7 Å². The van der Waals surface area contributed by atoms with Crippen LogP contribution in [-0.4, -0.2) is 25.1 Å². The number of amides is 1. The molecule has 0 spiro atoms. The molecule has 0 aromatic heterocycles. The van der Waals surface area contributed by atoms with Crippen LogP contribution in [0.3, 0.4) is 0 Å². The Bertz CT molecular complexity index is 810. The van der Waals surface area contributed by atoms with Crippen LogP contribution in [0.15, 0.2) is 42.5 Å². The fourth-order valence-corrected chi connectivity index (χ4v) is 2.91. The number of hydrogen-bond donors (Lipinski definition) is 1. The molecule has 2 rings (SSSR count). The quantitative estimate of drug-likeness (QED) is 0.734. The highest BCUT2D eigenvalue weighted by atomic mass is 35.5. The van der Waals surface area contributed by atoms with Crippen LogP contribution < -0.4 is 10.1 Å². The van der Waals surface area contributed by atoms with E-state index in [0.29, 0.717) is 21.4 Å². The second kappa shape index (κ2) is 8.92. The Morgan fingerprint density at radius 2 is 1.81 bits per heavy atom. The lowest BCUT2D eigenvalue weighted by Crippen LogP contribution is -2.37. The highest BCUT2D eigenvalue weighted by Gasteiger charge is 2.19. The molecule has 0 aliphatic heterocycles. The first-order chi connectivity index (χ1) is 12.3. The van der Waals surface area contributed by atoms with E-state index in [1.165, 1.54) is 13.2 Å². The fraction of sp³-hybridized carbons (Fsp3) is 0.263. The Labute approximate surface area is 162 Å². The average molecular weight is 396 g/mol. The number of rotatable bonds is 6. The van der Waals surface area contributed by atoms with Gasteiger partial charge in [-0.1, -0.05) is 35.3 Å². The highest BCUT2D eigenvalue weighted by molar-refractivity contribution is 6.35. The minimum Gasteiger partial charge on any atom is -0.481 e. The van der Waals surface area contributed by atoms with Crippen LogP contribution in [0.5, 0.6) is 5.75 Å². The summed E-state index contributed by atoms with van der Waals surface area (Å²) >= 11 is 12.1. The maximum absolute atomic E-state index is 12.4. The van der Waals surface area contributed by atoms with E-state index in [1.54, 1.807) is 43.3 Å². The van der Waals surface area contributed by atoms with Gasteiger partial charge in [-0.3, -0.25) is 4.79 Å². The smallest absolute Gasteiger partial charge is 0.337 e. The van der Waals surface area contributed by atoms with Gasteiger partial charge in [0.25, 0.3) is 5.91 Å². The molecule has 138 valence electrons. The van der Waals surface area contributed by atoms with Gasteiger partial charge >= 0.3 is 5.97 Å². The molecule has 0 fully saturated rings. The van der Waals surface area contributed by atoms with Gasteiger partial charge in [0.2, 0.25) is 0 Å². The summed E-state index contributed by atoms with van der Waals surface area (Å²) in [6, 6.07) is 11.2. The molecule has 2 aromatic rings. The molecule has 26 heavy (non-hydrogen) atoms. The Morgan fingerprint density at radius 1 is 1.08 bits per heavy atom. The summed E-state index contributed by atoms with van der Waals surface area (Å²) in [5, 5.41) is 3.85. The van der Waals surface area contributed by atoms with Crippen molar-refractivity contribution < 1.29 is 19.1 Å². The van der Waals surface area contributed by atoms with Crippen molar-refractivity contribution in [1.82, 2.24) is 5.32 Å². The Balaban J connectivity index is 2.02. The van der Waals surface area contributed by atoms with Gasteiger partial charge in [0.15, 0.2) is 6.10 Å². The highest BCUT2D eigenvalue weighted by Crippen LogP contribution is 2.26. The molecule has 0 aliphatic carbocycles. The zero-order chi connectivity index (χ0) is 19.3. The van der Waals surface area contributed by atoms with Crippen molar-refractivity contribution in [1.29, 1.82) is 0 Å². The first-order valence-corrected chi connectivity index (χ1v) is 8.67. The van der Waals surface area contributed by atoms with Gasteiger partial charge in [0, 0.05) is 10.0 Å². The van der Waals surface area contributed by atoms with Gasteiger partial charge in [0.1, 0.15) is 5.75 Å². The van der Waals surface area contributed by atoms with Crippen molar-refractivity contribution in [3.05, 3.63) is 63.6 Å². The van der Waals surface area contributed by atoms with Crippen LogP contribution in [0, 0.1) is 0 Å². The molecule has 7 heteroatoms. The summed E-state index contributed by atoms with van der Waals surface area (Å²) in [6.45, 7) is 3.44. The Hall–Kier alpha value is -2.24. The largest absolute Gasteiger partial charge is 0.481 e. The standard InChI is InChI=1S/C19H19Cl2NO4/c1-11(16-8-7-14(20)10-17(16)21)22-18(23)12(2)26-15-6-4-5-13(9-15)19(24)25-3/h4-12H,1-3H3,(H,22,23)/t11-,12+/m1/s1. The first-order valence-electron chi connectivity index (χ1n) is 7.92. The number of hydrogen-bond acceptors (Lipinski definition) is 4.